The van der Waals surface area contributed by atoms with Crippen LogP contribution in [0.1, 0.15) is 18.3 Å². The highest BCUT2D eigenvalue weighted by Crippen LogP contribution is 2.14. The number of aliphatic imine (C=N–C) groups is 1. The number of benzene rings is 1. The van der Waals surface area contributed by atoms with Gasteiger partial charge in [-0.15, -0.1) is 24.0 Å². The minimum Gasteiger partial charge on any atom is -0.497 e. The molecule has 0 saturated heterocycles. The first-order valence-electron chi connectivity index (χ1n) is 8.89. The fourth-order valence-electron chi connectivity index (χ4n) is 2.50. The molecular weight excluding hydrogens is 467 g/mol. The van der Waals surface area contributed by atoms with Gasteiger partial charge in [0.25, 0.3) is 0 Å². The summed E-state index contributed by atoms with van der Waals surface area (Å²) in [4.78, 5) is 8.91. The largest absolute Gasteiger partial charge is 0.497 e. The van der Waals surface area contributed by atoms with Gasteiger partial charge in [-0.25, -0.2) is 9.67 Å². The lowest BCUT2D eigenvalue weighted by Crippen LogP contribution is -2.37. The number of hydrogen-bond donors (Lipinski definition) is 2. The van der Waals surface area contributed by atoms with Crippen LogP contribution in [0.15, 0.2) is 65.9 Å². The van der Waals surface area contributed by atoms with Crippen molar-refractivity contribution >= 4 is 29.9 Å². The third-order valence-corrected chi connectivity index (χ3v) is 3.89. The Balaban J connectivity index is 0.00000280. The summed E-state index contributed by atoms with van der Waals surface area (Å²) in [7, 11) is 1.66. The molecule has 0 atom stereocenters. The van der Waals surface area contributed by atoms with E-state index in [0.717, 1.165) is 35.3 Å². The lowest BCUT2D eigenvalue weighted by molar-refractivity contribution is 0.414. The van der Waals surface area contributed by atoms with E-state index in [9.17, 15) is 0 Å². The van der Waals surface area contributed by atoms with E-state index in [2.05, 4.69) is 25.7 Å². The third-order valence-electron chi connectivity index (χ3n) is 3.89. The number of nitrogens with zero attached hydrogens (tertiary/aromatic N) is 4. The molecule has 0 aliphatic carbocycles. The minimum atomic E-state index is 0. The highest BCUT2D eigenvalue weighted by atomic mass is 127. The first kappa shape index (κ1) is 21.7. The zero-order chi connectivity index (χ0) is 18.9. The number of guanidine groups is 1. The van der Waals surface area contributed by atoms with Crippen molar-refractivity contribution in [2.75, 3.05) is 13.7 Å². The van der Waals surface area contributed by atoms with E-state index in [1.54, 1.807) is 13.3 Å². The number of rotatable bonds is 7. The molecule has 8 heteroatoms. The Morgan fingerprint density at radius 2 is 1.89 bits per heavy atom. The molecule has 0 unspecified atom stereocenters. The Morgan fingerprint density at radius 3 is 2.57 bits per heavy atom. The van der Waals surface area contributed by atoms with Crippen molar-refractivity contribution in [2.24, 2.45) is 4.99 Å². The molecule has 0 aliphatic rings. The molecule has 7 nitrogen and oxygen atoms in total. The third kappa shape index (κ3) is 6.22. The standard InChI is InChI=1S/C20H24N6O.HI/c1-3-21-20(23-14-16-6-4-5-12-22-16)24-15-17-11-13-26(25-17)18-7-9-19(27-2)10-8-18;/h4-13H,3,14-15H2,1-2H3,(H2,21,23,24);1H. The molecule has 28 heavy (non-hydrogen) atoms. The maximum absolute atomic E-state index is 5.19. The molecule has 0 bridgehead atoms. The molecule has 148 valence electrons. The number of hydrogen-bond acceptors (Lipinski definition) is 4. The van der Waals surface area contributed by atoms with Gasteiger partial charge in [-0.3, -0.25) is 4.98 Å². The van der Waals surface area contributed by atoms with Gasteiger partial charge in [0.2, 0.25) is 0 Å². The number of halogens is 1. The Kier molecular flexibility index (Phi) is 8.73. The van der Waals surface area contributed by atoms with Crippen LogP contribution >= 0.6 is 24.0 Å². The van der Waals surface area contributed by atoms with Gasteiger partial charge in [0.15, 0.2) is 5.96 Å². The summed E-state index contributed by atoms with van der Waals surface area (Å²) in [5, 5.41) is 11.1. The van der Waals surface area contributed by atoms with E-state index in [0.29, 0.717) is 13.1 Å². The van der Waals surface area contributed by atoms with Gasteiger partial charge in [0, 0.05) is 18.9 Å². The SMILES string of the molecule is CCNC(=NCc1ccn(-c2ccc(OC)cc2)n1)NCc1ccccn1.I. The molecule has 1 aromatic carbocycles. The fraction of sp³-hybridized carbons (Fsp3) is 0.250. The minimum absolute atomic E-state index is 0. The number of ether oxygens (including phenoxy) is 1. The van der Waals surface area contributed by atoms with Crippen LogP contribution in [0.25, 0.3) is 5.69 Å². The summed E-state index contributed by atoms with van der Waals surface area (Å²) in [6.45, 7) is 3.93. The van der Waals surface area contributed by atoms with E-state index >= 15 is 0 Å². The zero-order valence-electron chi connectivity index (χ0n) is 16.0. The molecule has 2 aromatic heterocycles. The summed E-state index contributed by atoms with van der Waals surface area (Å²) in [6.07, 6.45) is 3.72. The van der Waals surface area contributed by atoms with Crippen LogP contribution < -0.4 is 15.4 Å². The second-order valence-corrected chi connectivity index (χ2v) is 5.82. The van der Waals surface area contributed by atoms with Gasteiger partial charge in [-0.1, -0.05) is 6.07 Å². The summed E-state index contributed by atoms with van der Waals surface area (Å²) in [6, 6.07) is 15.6. The summed E-state index contributed by atoms with van der Waals surface area (Å²) < 4.78 is 7.02. The predicted molar refractivity (Wildman–Crippen MR) is 121 cm³/mol. The number of methoxy groups -OCH3 is 1. The summed E-state index contributed by atoms with van der Waals surface area (Å²) in [5.41, 5.74) is 2.83. The first-order valence-corrected chi connectivity index (χ1v) is 8.89. The highest BCUT2D eigenvalue weighted by molar-refractivity contribution is 14.0. The van der Waals surface area contributed by atoms with Crippen molar-refractivity contribution in [1.82, 2.24) is 25.4 Å². The second-order valence-electron chi connectivity index (χ2n) is 5.82. The summed E-state index contributed by atoms with van der Waals surface area (Å²) in [5.74, 6) is 1.56. The van der Waals surface area contributed by atoms with Gasteiger partial charge in [0.05, 0.1) is 37.3 Å². The fourth-order valence-corrected chi connectivity index (χ4v) is 2.50. The van der Waals surface area contributed by atoms with E-state index in [4.69, 9.17) is 4.74 Å². The quantitative estimate of drug-likeness (QED) is 0.301. The molecule has 0 aliphatic heterocycles. The van der Waals surface area contributed by atoms with Crippen LogP contribution in [0.5, 0.6) is 5.75 Å². The molecule has 0 spiro atoms. The van der Waals surface area contributed by atoms with Gasteiger partial charge >= 0.3 is 0 Å². The summed E-state index contributed by atoms with van der Waals surface area (Å²) >= 11 is 0. The lowest BCUT2D eigenvalue weighted by Gasteiger charge is -2.10. The van der Waals surface area contributed by atoms with Crippen LogP contribution in [0.4, 0.5) is 0 Å². The van der Waals surface area contributed by atoms with Crippen LogP contribution in [0.3, 0.4) is 0 Å². The Labute approximate surface area is 182 Å². The monoisotopic (exact) mass is 492 g/mol. The van der Waals surface area contributed by atoms with Crippen molar-refractivity contribution in [3.05, 3.63) is 72.3 Å². The Bertz CT molecular complexity index is 864. The zero-order valence-corrected chi connectivity index (χ0v) is 18.3. The van der Waals surface area contributed by atoms with Crippen LogP contribution in [-0.2, 0) is 13.1 Å². The molecule has 0 fully saturated rings. The maximum Gasteiger partial charge on any atom is 0.191 e. The van der Waals surface area contributed by atoms with Crippen LogP contribution in [0, 0.1) is 0 Å². The van der Waals surface area contributed by atoms with Crippen LogP contribution in [-0.4, -0.2) is 34.4 Å². The maximum atomic E-state index is 5.19. The van der Waals surface area contributed by atoms with E-state index in [1.807, 2.05) is 66.3 Å². The van der Waals surface area contributed by atoms with E-state index in [-0.39, 0.29) is 24.0 Å². The van der Waals surface area contributed by atoms with Crippen molar-refractivity contribution in [2.45, 2.75) is 20.0 Å². The molecular formula is C20H25IN6O. The first-order chi connectivity index (χ1) is 13.3. The molecule has 3 rings (SSSR count). The van der Waals surface area contributed by atoms with Gasteiger partial charge in [0.1, 0.15) is 5.75 Å². The van der Waals surface area contributed by atoms with Crippen molar-refractivity contribution in [3.63, 3.8) is 0 Å². The van der Waals surface area contributed by atoms with Crippen LogP contribution in [0.2, 0.25) is 0 Å². The number of pyridine rings is 1. The average Bonchev–Trinajstić information content (AvgIpc) is 3.20. The molecule has 0 amide bonds. The van der Waals surface area contributed by atoms with Crippen molar-refractivity contribution < 1.29 is 4.74 Å². The van der Waals surface area contributed by atoms with Crippen molar-refractivity contribution in [3.8, 4) is 11.4 Å². The normalized spacial score (nSPS) is 10.9. The second kappa shape index (κ2) is 11.3. The average molecular weight is 492 g/mol. The van der Waals surface area contributed by atoms with Gasteiger partial charge < -0.3 is 15.4 Å². The smallest absolute Gasteiger partial charge is 0.191 e. The number of aromatic nitrogens is 3. The molecule has 0 saturated carbocycles. The Hall–Kier alpha value is -2.62. The lowest BCUT2D eigenvalue weighted by atomic mass is 10.3. The predicted octanol–water partition coefficient (Wildman–Crippen LogP) is 3.15. The van der Waals surface area contributed by atoms with Gasteiger partial charge in [-0.05, 0) is 49.4 Å². The molecule has 2 N–H and O–H groups in total. The highest BCUT2D eigenvalue weighted by Gasteiger charge is 2.03. The molecule has 3 aromatic rings. The number of nitrogens with one attached hydrogen (secondary N) is 2. The molecule has 0 radical (unpaired) electrons. The Morgan fingerprint density at radius 1 is 1.07 bits per heavy atom. The van der Waals surface area contributed by atoms with E-state index < -0.39 is 0 Å². The van der Waals surface area contributed by atoms with Crippen molar-refractivity contribution in [1.29, 1.82) is 0 Å². The topological polar surface area (TPSA) is 76.4 Å². The van der Waals surface area contributed by atoms with E-state index in [1.165, 1.54) is 0 Å². The van der Waals surface area contributed by atoms with Gasteiger partial charge in [-0.2, -0.15) is 5.10 Å². The molecule has 2 heterocycles.